The first-order chi connectivity index (χ1) is 32.0. The third-order valence-corrected chi connectivity index (χ3v) is 10.5. The summed E-state index contributed by atoms with van der Waals surface area (Å²) in [5, 5.41) is 22.8. The van der Waals surface area contributed by atoms with Gasteiger partial charge in [-0.25, -0.2) is 34.9 Å². The van der Waals surface area contributed by atoms with Crippen molar-refractivity contribution in [3.05, 3.63) is 168 Å². The number of hydrogen-bond donors (Lipinski definition) is 2. The predicted molar refractivity (Wildman–Crippen MR) is 257 cm³/mol. The van der Waals surface area contributed by atoms with E-state index in [-0.39, 0.29) is 20.0 Å². The number of rotatable bonds is 11. The molecule has 8 heterocycles. The summed E-state index contributed by atoms with van der Waals surface area (Å²) in [5.41, 5.74) is 12.5. The number of ether oxygens (including phenoxy) is 2. The van der Waals surface area contributed by atoms with Gasteiger partial charge in [-0.05, 0) is 79.2 Å². The topological polar surface area (TPSA) is 162 Å². The van der Waals surface area contributed by atoms with Crippen molar-refractivity contribution in [3.63, 3.8) is 0 Å². The minimum Gasteiger partial charge on any atom is -0.390 e. The molecule has 0 saturated heterocycles. The van der Waals surface area contributed by atoms with Gasteiger partial charge in [-0.15, -0.1) is 11.6 Å². The molecular formula is C52H45ClN8O4. The van der Waals surface area contributed by atoms with Gasteiger partial charge in [-0.3, -0.25) is 4.98 Å². The van der Waals surface area contributed by atoms with Crippen LogP contribution in [0.4, 0.5) is 0 Å². The van der Waals surface area contributed by atoms with Gasteiger partial charge in [-0.1, -0.05) is 79.7 Å². The summed E-state index contributed by atoms with van der Waals surface area (Å²) in [7, 11) is 1.60. The lowest BCUT2D eigenvalue weighted by molar-refractivity contribution is -0.0400. The van der Waals surface area contributed by atoms with Gasteiger partial charge in [-0.2, -0.15) is 0 Å². The van der Waals surface area contributed by atoms with E-state index in [1.807, 2.05) is 109 Å². The zero-order chi connectivity index (χ0) is 45.1. The molecule has 0 aliphatic rings. The lowest BCUT2D eigenvalue weighted by Crippen LogP contribution is -2.00. The number of halogens is 1. The molecule has 0 spiro atoms. The summed E-state index contributed by atoms with van der Waals surface area (Å²) in [4.78, 5) is 38.0. The highest BCUT2D eigenvalue weighted by Gasteiger charge is 2.13. The summed E-state index contributed by atoms with van der Waals surface area (Å²) in [6, 6.07) is 47.2. The molecule has 0 aliphatic carbocycles. The van der Waals surface area contributed by atoms with Crippen molar-refractivity contribution in [2.24, 2.45) is 0 Å². The van der Waals surface area contributed by atoms with E-state index in [0.717, 1.165) is 95.6 Å². The van der Waals surface area contributed by atoms with Gasteiger partial charge < -0.3 is 19.7 Å². The molecule has 0 amide bonds. The summed E-state index contributed by atoms with van der Waals surface area (Å²) < 4.78 is 10.4. The smallest absolute Gasteiger partial charge is 0.146 e. The van der Waals surface area contributed by atoms with Crippen molar-refractivity contribution in [1.82, 2.24) is 39.9 Å². The van der Waals surface area contributed by atoms with Gasteiger partial charge in [0.15, 0.2) is 0 Å². The van der Waals surface area contributed by atoms with Crippen LogP contribution in [0.15, 0.2) is 146 Å². The first-order valence-electron chi connectivity index (χ1n) is 20.9. The van der Waals surface area contributed by atoms with Crippen LogP contribution < -0.4 is 0 Å². The lowest BCUT2D eigenvalue weighted by atomic mass is 10.1. The number of hydrogen-bond acceptors (Lipinski definition) is 12. The maximum Gasteiger partial charge on any atom is 0.146 e. The van der Waals surface area contributed by atoms with Crippen LogP contribution in [0.25, 0.3) is 89.2 Å². The summed E-state index contributed by atoms with van der Waals surface area (Å²) in [6.45, 7) is 2.49. The molecule has 2 N–H and O–H groups in total. The van der Waals surface area contributed by atoms with Crippen LogP contribution in [-0.4, -0.2) is 70.4 Å². The number of benzene rings is 2. The minimum atomic E-state index is -0.116. The van der Waals surface area contributed by atoms with Crippen molar-refractivity contribution in [3.8, 4) is 45.6 Å². The zero-order valence-electron chi connectivity index (χ0n) is 36.1. The SMILES string of the molecule is CCc1cccc(-c2ccc3ccc4ccc(-c5cccc(COCOC)n5)nc4c3n2)n1.CCl.OCc1cccc(-c2ccc3ccc4ccc(-c5cccc(CO)n5)nc4c3n2)n1. The monoisotopic (exact) mass is 880 g/mol. The van der Waals surface area contributed by atoms with Crippen LogP contribution in [-0.2, 0) is 35.7 Å². The Bertz CT molecular complexity index is 3150. The molecule has 0 unspecified atom stereocenters. The summed E-state index contributed by atoms with van der Waals surface area (Å²) >= 11 is 4.64. The molecule has 65 heavy (non-hydrogen) atoms. The number of aliphatic hydroxyl groups is 2. The van der Waals surface area contributed by atoms with Crippen molar-refractivity contribution in [2.45, 2.75) is 33.2 Å². The normalized spacial score (nSPS) is 11.0. The Morgan fingerprint density at radius 3 is 1.02 bits per heavy atom. The highest BCUT2D eigenvalue weighted by atomic mass is 35.5. The van der Waals surface area contributed by atoms with Crippen LogP contribution in [0.1, 0.15) is 29.7 Å². The van der Waals surface area contributed by atoms with Crippen molar-refractivity contribution in [2.75, 3.05) is 20.3 Å². The average molecular weight is 881 g/mol. The van der Waals surface area contributed by atoms with Crippen LogP contribution >= 0.6 is 11.6 Å². The maximum atomic E-state index is 9.38. The largest absolute Gasteiger partial charge is 0.390 e. The Morgan fingerprint density at radius 2 is 0.677 bits per heavy atom. The number of alkyl halides is 1. The maximum absolute atomic E-state index is 9.38. The van der Waals surface area contributed by atoms with E-state index in [1.54, 1.807) is 19.2 Å². The van der Waals surface area contributed by atoms with Gasteiger partial charge in [0.05, 0.1) is 105 Å². The van der Waals surface area contributed by atoms with E-state index in [9.17, 15) is 10.2 Å². The van der Waals surface area contributed by atoms with Crippen LogP contribution in [0.5, 0.6) is 0 Å². The molecule has 10 aromatic rings. The molecule has 0 radical (unpaired) electrons. The van der Waals surface area contributed by atoms with Gasteiger partial charge in [0, 0.05) is 40.7 Å². The molecule has 0 aliphatic heterocycles. The first kappa shape index (κ1) is 44.4. The summed E-state index contributed by atoms with van der Waals surface area (Å²) in [5.74, 6) is 0. The number of aromatic nitrogens is 8. The molecular weight excluding hydrogens is 836 g/mol. The second-order valence-electron chi connectivity index (χ2n) is 14.7. The predicted octanol–water partition coefficient (Wildman–Crippen LogP) is 10.3. The summed E-state index contributed by atoms with van der Waals surface area (Å²) in [6.07, 6.45) is 2.36. The van der Waals surface area contributed by atoms with E-state index < -0.39 is 0 Å². The molecule has 2 aromatic carbocycles. The number of nitrogens with zero attached hydrogens (tertiary/aromatic N) is 8. The van der Waals surface area contributed by atoms with E-state index in [4.69, 9.17) is 39.4 Å². The molecule has 8 aromatic heterocycles. The van der Waals surface area contributed by atoms with Crippen LogP contribution in [0.3, 0.4) is 0 Å². The highest BCUT2D eigenvalue weighted by molar-refractivity contribution is 6.15. The Labute approximate surface area is 380 Å². The molecule has 0 fully saturated rings. The highest BCUT2D eigenvalue weighted by Crippen LogP contribution is 2.30. The van der Waals surface area contributed by atoms with Gasteiger partial charge >= 0.3 is 0 Å². The number of aryl methyl sites for hydroxylation is 1. The second-order valence-corrected chi connectivity index (χ2v) is 14.7. The lowest BCUT2D eigenvalue weighted by Gasteiger charge is -2.09. The fourth-order valence-corrected chi connectivity index (χ4v) is 7.28. The molecule has 12 nitrogen and oxygen atoms in total. The Balaban J connectivity index is 0.000000171. The second kappa shape index (κ2) is 21.0. The fourth-order valence-electron chi connectivity index (χ4n) is 7.28. The third-order valence-electron chi connectivity index (χ3n) is 10.5. The Kier molecular flexibility index (Phi) is 14.3. The third kappa shape index (κ3) is 10.1. The fraction of sp³-hybridized carbons (Fsp3) is 0.154. The first-order valence-corrected chi connectivity index (χ1v) is 21.7. The van der Waals surface area contributed by atoms with Gasteiger partial charge in [0.2, 0.25) is 0 Å². The quantitative estimate of drug-likeness (QED) is 0.0548. The van der Waals surface area contributed by atoms with E-state index in [0.29, 0.717) is 29.4 Å². The molecule has 0 saturated carbocycles. The van der Waals surface area contributed by atoms with E-state index in [1.165, 1.54) is 6.38 Å². The van der Waals surface area contributed by atoms with Crippen molar-refractivity contribution in [1.29, 1.82) is 0 Å². The number of fused-ring (bicyclic) bond motifs is 6. The molecule has 0 bridgehead atoms. The number of pyridine rings is 8. The van der Waals surface area contributed by atoms with Gasteiger partial charge in [0.25, 0.3) is 0 Å². The standard InChI is InChI=1S/C27H24N4O2.C24H18N4O2.CH3Cl/c1-3-20-6-4-8-22(28-20)24-14-12-18-10-11-19-13-15-25(31-27(19)26(18)30-24)23-9-5-7-21(29-23)16-33-17-32-2;29-13-17-3-1-5-19(25-17)21-11-9-15-7-8-16-10-12-22(28-24(16)23(15)27-21)20-6-2-4-18(14-30)26-20;1-2/h4-15H,3,16-17H2,1-2H3;1-12,29-30H,13-14H2;1H3. The minimum absolute atomic E-state index is 0.116. The Hall–Kier alpha value is -7.19. The number of aliphatic hydroxyl groups excluding tert-OH is 2. The zero-order valence-corrected chi connectivity index (χ0v) is 36.8. The molecule has 13 heteroatoms. The van der Waals surface area contributed by atoms with Gasteiger partial charge in [0.1, 0.15) is 6.79 Å². The van der Waals surface area contributed by atoms with Crippen molar-refractivity contribution >= 4 is 55.2 Å². The van der Waals surface area contributed by atoms with Crippen LogP contribution in [0.2, 0.25) is 0 Å². The van der Waals surface area contributed by atoms with Crippen molar-refractivity contribution < 1.29 is 19.7 Å². The average Bonchev–Trinajstić information content (AvgIpc) is 3.39. The number of methoxy groups -OCH3 is 1. The van der Waals surface area contributed by atoms with Crippen LogP contribution in [0, 0.1) is 0 Å². The Morgan fingerprint density at radius 1 is 0.385 bits per heavy atom. The molecule has 10 rings (SSSR count). The molecule has 0 atom stereocenters. The van der Waals surface area contributed by atoms with E-state index in [2.05, 4.69) is 52.8 Å². The molecule has 324 valence electrons. The van der Waals surface area contributed by atoms with E-state index >= 15 is 0 Å².